The first kappa shape index (κ1) is 16.4. The zero-order valence-electron chi connectivity index (χ0n) is 14.3. The number of carbonyl (C=O) groups is 1. The summed E-state index contributed by atoms with van der Waals surface area (Å²) in [4.78, 5) is 34.5. The van der Waals surface area contributed by atoms with E-state index < -0.39 is 0 Å². The number of benzene rings is 1. The molecule has 0 unspecified atom stereocenters. The molecule has 0 spiro atoms. The molecule has 0 saturated carbocycles. The molecule has 1 N–H and O–H groups in total. The molecule has 3 heterocycles. The maximum Gasteiger partial charge on any atom is 0.271 e. The highest BCUT2D eigenvalue weighted by Gasteiger charge is 2.14. The van der Waals surface area contributed by atoms with Crippen LogP contribution in [0.4, 0.5) is 5.69 Å². The summed E-state index contributed by atoms with van der Waals surface area (Å²) in [5.41, 5.74) is 3.26. The zero-order valence-corrected chi connectivity index (χ0v) is 15.1. The molecule has 1 aromatic carbocycles. The summed E-state index contributed by atoms with van der Waals surface area (Å²) < 4.78 is 1.84. The Kier molecular flexibility index (Phi) is 4.00. The molecule has 1 amide bonds. The maximum atomic E-state index is 12.7. The van der Waals surface area contributed by atoms with Gasteiger partial charge in [0.1, 0.15) is 16.1 Å². The first-order valence-electron chi connectivity index (χ1n) is 8.13. The van der Waals surface area contributed by atoms with Gasteiger partial charge in [-0.15, -0.1) is 11.3 Å². The van der Waals surface area contributed by atoms with E-state index in [0.717, 1.165) is 27.0 Å². The molecule has 4 rings (SSSR count). The first-order valence-corrected chi connectivity index (χ1v) is 8.94. The number of carbonyl (C=O) groups excluding carboxylic acids is 1. The van der Waals surface area contributed by atoms with E-state index >= 15 is 0 Å². The highest BCUT2D eigenvalue weighted by molar-refractivity contribution is 7.25. The smallest absolute Gasteiger partial charge is 0.271 e. The van der Waals surface area contributed by atoms with Gasteiger partial charge >= 0.3 is 0 Å². The molecule has 4 aromatic rings. The van der Waals surface area contributed by atoms with Gasteiger partial charge in [-0.1, -0.05) is 17.7 Å². The van der Waals surface area contributed by atoms with Crippen LogP contribution in [0.25, 0.3) is 20.4 Å². The third-order valence-electron chi connectivity index (χ3n) is 4.19. The minimum absolute atomic E-state index is 0.0865. The summed E-state index contributed by atoms with van der Waals surface area (Å²) in [5, 5.41) is 3.71. The number of aryl methyl sites for hydroxylation is 2. The van der Waals surface area contributed by atoms with Crippen LogP contribution in [-0.2, 0) is 11.3 Å². The van der Waals surface area contributed by atoms with Crippen molar-refractivity contribution in [3.63, 3.8) is 0 Å². The van der Waals surface area contributed by atoms with Crippen LogP contribution in [0.2, 0.25) is 0 Å². The number of amides is 1. The monoisotopic (exact) mass is 364 g/mol. The molecule has 0 aliphatic heterocycles. The van der Waals surface area contributed by atoms with Crippen LogP contribution in [0.3, 0.4) is 0 Å². The van der Waals surface area contributed by atoms with Crippen LogP contribution in [0.5, 0.6) is 0 Å². The second kappa shape index (κ2) is 6.34. The van der Waals surface area contributed by atoms with Gasteiger partial charge in [0.05, 0.1) is 11.8 Å². The van der Waals surface area contributed by atoms with E-state index in [1.165, 1.54) is 22.2 Å². The molecule has 0 aliphatic rings. The number of anilines is 1. The Morgan fingerprint density at radius 1 is 1.23 bits per heavy atom. The van der Waals surface area contributed by atoms with Crippen LogP contribution in [0, 0.1) is 13.8 Å². The highest BCUT2D eigenvalue weighted by Crippen LogP contribution is 2.27. The average Bonchev–Trinajstić information content (AvgIpc) is 2.99. The number of rotatable bonds is 3. The summed E-state index contributed by atoms with van der Waals surface area (Å²) in [6.07, 6.45) is 3.11. The molecule has 26 heavy (non-hydrogen) atoms. The quantitative estimate of drug-likeness (QED) is 0.605. The number of hydrogen-bond donors (Lipinski definition) is 1. The molecule has 0 saturated heterocycles. The number of aromatic nitrogens is 3. The Bertz CT molecular complexity index is 1210. The van der Waals surface area contributed by atoms with Gasteiger partial charge in [-0.05, 0) is 37.6 Å². The van der Waals surface area contributed by atoms with Crippen molar-refractivity contribution in [3.8, 4) is 0 Å². The van der Waals surface area contributed by atoms with E-state index in [4.69, 9.17) is 0 Å². The fraction of sp³-hybridized carbons (Fsp3) is 0.158. The van der Waals surface area contributed by atoms with Crippen molar-refractivity contribution in [2.24, 2.45) is 0 Å². The van der Waals surface area contributed by atoms with Crippen molar-refractivity contribution in [1.29, 1.82) is 0 Å². The number of pyridine rings is 1. The van der Waals surface area contributed by atoms with Crippen LogP contribution >= 0.6 is 11.3 Å². The average molecular weight is 364 g/mol. The predicted octanol–water partition coefficient (Wildman–Crippen LogP) is 3.26. The van der Waals surface area contributed by atoms with Crippen molar-refractivity contribution < 1.29 is 4.79 Å². The molecule has 6 nitrogen and oxygen atoms in total. The largest absolute Gasteiger partial charge is 0.324 e. The molecule has 0 fully saturated rings. The van der Waals surface area contributed by atoms with Gasteiger partial charge in [0.2, 0.25) is 5.91 Å². The molecule has 0 atom stereocenters. The lowest BCUT2D eigenvalue weighted by Gasteiger charge is -2.10. The summed E-state index contributed by atoms with van der Waals surface area (Å²) in [6.45, 7) is 3.85. The van der Waals surface area contributed by atoms with E-state index in [9.17, 15) is 9.59 Å². The van der Waals surface area contributed by atoms with Gasteiger partial charge in [0.25, 0.3) is 5.56 Å². The zero-order chi connectivity index (χ0) is 18.3. The van der Waals surface area contributed by atoms with Gasteiger partial charge in [0, 0.05) is 17.3 Å². The minimum atomic E-state index is -0.264. The summed E-state index contributed by atoms with van der Waals surface area (Å²) in [7, 11) is 0. The lowest BCUT2D eigenvalue weighted by Crippen LogP contribution is -2.27. The Morgan fingerprint density at radius 2 is 2.08 bits per heavy atom. The van der Waals surface area contributed by atoms with Crippen LogP contribution in [0.1, 0.15) is 11.1 Å². The molecule has 0 radical (unpaired) electrons. The molecule has 3 aromatic heterocycles. The van der Waals surface area contributed by atoms with Gasteiger partial charge in [-0.2, -0.15) is 0 Å². The number of nitrogens with one attached hydrogen (secondary N) is 1. The molecular weight excluding hydrogens is 348 g/mol. The van der Waals surface area contributed by atoms with Crippen molar-refractivity contribution in [2.45, 2.75) is 20.4 Å². The van der Waals surface area contributed by atoms with Gasteiger partial charge < -0.3 is 5.32 Å². The molecule has 0 bridgehead atoms. The highest BCUT2D eigenvalue weighted by atomic mass is 32.1. The number of nitrogens with zero attached hydrogens (tertiary/aromatic N) is 3. The van der Waals surface area contributed by atoms with Crippen molar-refractivity contribution in [2.75, 3.05) is 5.32 Å². The predicted molar refractivity (Wildman–Crippen MR) is 104 cm³/mol. The van der Waals surface area contributed by atoms with Gasteiger partial charge in [-0.3, -0.25) is 14.2 Å². The fourth-order valence-electron chi connectivity index (χ4n) is 2.91. The molecule has 7 heteroatoms. The minimum Gasteiger partial charge on any atom is -0.324 e. The summed E-state index contributed by atoms with van der Waals surface area (Å²) in [5.74, 6) is -0.264. The molecular formula is C19H16N4O2S. The maximum absolute atomic E-state index is 12.7. The number of hydrogen-bond acceptors (Lipinski definition) is 5. The number of fused-ring (bicyclic) bond motifs is 3. The standard InChI is InChI=1S/C19H16N4O2S/c1-11-5-6-14(12(2)8-11)22-15(24)9-23-10-21-16-13-4-3-7-20-18(13)26-17(16)19(23)25/h3-8,10H,9H2,1-2H3,(H,22,24). The van der Waals surface area contributed by atoms with Crippen molar-refractivity contribution in [3.05, 3.63) is 64.3 Å². The number of thiophene rings is 1. The van der Waals surface area contributed by atoms with E-state index in [1.54, 1.807) is 6.20 Å². The lowest BCUT2D eigenvalue weighted by atomic mass is 10.1. The fourth-order valence-corrected chi connectivity index (χ4v) is 3.96. The van der Waals surface area contributed by atoms with Crippen LogP contribution in [0.15, 0.2) is 47.7 Å². The van der Waals surface area contributed by atoms with E-state index in [0.29, 0.717) is 10.2 Å². The summed E-state index contributed by atoms with van der Waals surface area (Å²) >= 11 is 1.30. The van der Waals surface area contributed by atoms with Gasteiger partial charge in [0.15, 0.2) is 0 Å². The van der Waals surface area contributed by atoms with Gasteiger partial charge in [-0.25, -0.2) is 9.97 Å². The normalized spacial score (nSPS) is 11.2. The Balaban J connectivity index is 1.64. The third-order valence-corrected chi connectivity index (χ3v) is 5.28. The lowest BCUT2D eigenvalue weighted by molar-refractivity contribution is -0.116. The van der Waals surface area contributed by atoms with E-state index in [1.807, 2.05) is 44.2 Å². The first-order chi connectivity index (χ1) is 12.5. The van der Waals surface area contributed by atoms with E-state index in [2.05, 4.69) is 15.3 Å². The topological polar surface area (TPSA) is 76.9 Å². The SMILES string of the molecule is Cc1ccc(NC(=O)Cn2cnc3c(sc4ncccc43)c2=O)c(C)c1. The Morgan fingerprint density at radius 3 is 2.88 bits per heavy atom. The van der Waals surface area contributed by atoms with E-state index in [-0.39, 0.29) is 18.0 Å². The Labute approximate surface area is 153 Å². The second-order valence-corrected chi connectivity index (χ2v) is 7.18. The summed E-state index contributed by atoms with van der Waals surface area (Å²) in [6, 6.07) is 9.51. The van der Waals surface area contributed by atoms with Crippen molar-refractivity contribution in [1.82, 2.24) is 14.5 Å². The van der Waals surface area contributed by atoms with Crippen molar-refractivity contribution >= 4 is 43.4 Å². The van der Waals surface area contributed by atoms with Crippen LogP contribution < -0.4 is 10.9 Å². The van der Waals surface area contributed by atoms with Crippen LogP contribution in [-0.4, -0.2) is 20.4 Å². The molecule has 130 valence electrons. The molecule has 0 aliphatic carbocycles. The third kappa shape index (κ3) is 2.86. The second-order valence-electron chi connectivity index (χ2n) is 6.18. The Hall–Kier alpha value is -3.06.